The second-order valence-corrected chi connectivity index (χ2v) is 5.17. The van der Waals surface area contributed by atoms with Crippen LogP contribution in [0.15, 0.2) is 29.0 Å². The maximum atomic E-state index is 12.3. The topological polar surface area (TPSA) is 71.2 Å². The van der Waals surface area contributed by atoms with Crippen LogP contribution in [-0.2, 0) is 6.54 Å². The number of thiophene rings is 1. The van der Waals surface area contributed by atoms with Crippen molar-refractivity contribution in [1.82, 2.24) is 9.88 Å². The van der Waals surface area contributed by atoms with Gasteiger partial charge in [-0.25, -0.2) is 10.8 Å². The summed E-state index contributed by atoms with van der Waals surface area (Å²) in [6.45, 7) is 0.549. The summed E-state index contributed by atoms with van der Waals surface area (Å²) in [5.41, 5.74) is 3.93. The minimum Gasteiger partial charge on any atom is -0.337 e. The largest absolute Gasteiger partial charge is 0.337 e. The molecule has 100 valence electrons. The second-order valence-electron chi connectivity index (χ2n) is 4.00. The molecule has 0 saturated carbocycles. The number of nitrogens with zero attached hydrogens (tertiary/aromatic N) is 2. The highest BCUT2D eigenvalue weighted by Gasteiger charge is 2.14. The monoisotopic (exact) mass is 296 g/mol. The van der Waals surface area contributed by atoms with Crippen molar-refractivity contribution in [2.75, 3.05) is 12.5 Å². The van der Waals surface area contributed by atoms with Crippen molar-refractivity contribution in [3.8, 4) is 0 Å². The summed E-state index contributed by atoms with van der Waals surface area (Å²) in [5, 5.41) is 4.21. The molecular weight excluding hydrogens is 284 g/mol. The lowest BCUT2D eigenvalue weighted by Crippen LogP contribution is -2.26. The third kappa shape index (κ3) is 3.44. The van der Waals surface area contributed by atoms with Crippen LogP contribution in [0.3, 0.4) is 0 Å². The molecule has 0 radical (unpaired) electrons. The first-order valence-electron chi connectivity index (χ1n) is 5.51. The molecule has 3 N–H and O–H groups in total. The van der Waals surface area contributed by atoms with Gasteiger partial charge in [-0.15, -0.1) is 0 Å². The molecule has 7 heteroatoms. The summed E-state index contributed by atoms with van der Waals surface area (Å²) in [7, 11) is 1.74. The number of hydrogen-bond acceptors (Lipinski definition) is 5. The van der Waals surface area contributed by atoms with Crippen LogP contribution < -0.4 is 11.3 Å². The van der Waals surface area contributed by atoms with Crippen molar-refractivity contribution in [2.45, 2.75) is 6.54 Å². The lowest BCUT2D eigenvalue weighted by atomic mass is 10.2. The molecule has 0 aliphatic heterocycles. The highest BCUT2D eigenvalue weighted by atomic mass is 35.5. The molecular formula is C12H13ClN4OS. The molecule has 0 aliphatic rings. The number of amides is 1. The van der Waals surface area contributed by atoms with Gasteiger partial charge in [0, 0.05) is 19.2 Å². The number of aromatic nitrogens is 1. The van der Waals surface area contributed by atoms with Gasteiger partial charge in [-0.05, 0) is 34.5 Å². The Morgan fingerprint density at radius 3 is 3.00 bits per heavy atom. The molecule has 0 aliphatic carbocycles. The van der Waals surface area contributed by atoms with Gasteiger partial charge in [-0.2, -0.15) is 11.3 Å². The van der Waals surface area contributed by atoms with E-state index >= 15 is 0 Å². The molecule has 0 fully saturated rings. The number of carbonyl (C=O) groups is 1. The number of nitrogens with two attached hydrogens (primary N) is 1. The fourth-order valence-electron chi connectivity index (χ4n) is 1.64. The number of nitrogen functional groups attached to an aromatic ring is 1. The highest BCUT2D eigenvalue weighted by Crippen LogP contribution is 2.16. The number of rotatable bonds is 4. The summed E-state index contributed by atoms with van der Waals surface area (Å²) in [5.74, 6) is 5.51. The first-order valence-corrected chi connectivity index (χ1v) is 6.83. The molecule has 0 unspecified atom stereocenters. The molecule has 2 heterocycles. The van der Waals surface area contributed by atoms with Crippen molar-refractivity contribution >= 4 is 34.7 Å². The molecule has 19 heavy (non-hydrogen) atoms. The summed E-state index contributed by atoms with van der Waals surface area (Å²) in [6.07, 6.45) is 0. The number of carbonyl (C=O) groups excluding carboxylic acids is 1. The second kappa shape index (κ2) is 6.01. The van der Waals surface area contributed by atoms with Gasteiger partial charge in [-0.1, -0.05) is 11.6 Å². The summed E-state index contributed by atoms with van der Waals surface area (Å²) in [4.78, 5) is 17.8. The highest BCUT2D eigenvalue weighted by molar-refractivity contribution is 7.07. The Morgan fingerprint density at radius 1 is 1.58 bits per heavy atom. The van der Waals surface area contributed by atoms with E-state index in [1.807, 2.05) is 16.8 Å². The number of nitrogens with one attached hydrogen (secondary N) is 1. The smallest absolute Gasteiger partial charge is 0.254 e. The number of hydrazine groups is 1. The van der Waals surface area contributed by atoms with Gasteiger partial charge in [0.05, 0.1) is 0 Å². The average molecular weight is 297 g/mol. The van der Waals surface area contributed by atoms with Crippen LogP contribution >= 0.6 is 22.9 Å². The lowest BCUT2D eigenvalue weighted by Gasteiger charge is -2.17. The van der Waals surface area contributed by atoms with E-state index in [-0.39, 0.29) is 11.1 Å². The van der Waals surface area contributed by atoms with Crippen molar-refractivity contribution in [3.05, 3.63) is 45.2 Å². The zero-order valence-corrected chi connectivity index (χ0v) is 11.8. The van der Waals surface area contributed by atoms with E-state index in [0.29, 0.717) is 17.9 Å². The van der Waals surface area contributed by atoms with Crippen molar-refractivity contribution in [3.63, 3.8) is 0 Å². The molecule has 0 atom stereocenters. The minimum atomic E-state index is -0.132. The van der Waals surface area contributed by atoms with Gasteiger partial charge in [0.2, 0.25) is 0 Å². The fraction of sp³-hybridized carbons (Fsp3) is 0.167. The molecule has 0 bridgehead atoms. The first-order chi connectivity index (χ1) is 9.10. The van der Waals surface area contributed by atoms with Crippen LogP contribution in [0.25, 0.3) is 0 Å². The Bertz CT molecular complexity index is 573. The first kappa shape index (κ1) is 13.8. The van der Waals surface area contributed by atoms with E-state index in [0.717, 1.165) is 5.56 Å². The van der Waals surface area contributed by atoms with Gasteiger partial charge in [0.1, 0.15) is 11.0 Å². The molecule has 2 aromatic rings. The summed E-state index contributed by atoms with van der Waals surface area (Å²) < 4.78 is 0. The standard InChI is InChI=1S/C12H13ClN4OS/c1-17(6-8-2-3-19-7-8)12(18)9-4-10(13)15-11(5-9)16-14/h2-5,7H,6,14H2,1H3,(H,15,16). The van der Waals surface area contributed by atoms with Gasteiger partial charge in [0.15, 0.2) is 0 Å². The minimum absolute atomic E-state index is 0.132. The van der Waals surface area contributed by atoms with Crippen LogP contribution in [0.5, 0.6) is 0 Å². The Hall–Kier alpha value is -1.63. The van der Waals surface area contributed by atoms with E-state index in [9.17, 15) is 4.79 Å². The molecule has 1 amide bonds. The Balaban J connectivity index is 2.16. The van der Waals surface area contributed by atoms with E-state index < -0.39 is 0 Å². The van der Waals surface area contributed by atoms with E-state index in [2.05, 4.69) is 10.4 Å². The van der Waals surface area contributed by atoms with Crippen molar-refractivity contribution in [1.29, 1.82) is 0 Å². The fourth-order valence-corrected chi connectivity index (χ4v) is 2.51. The van der Waals surface area contributed by atoms with Crippen molar-refractivity contribution < 1.29 is 4.79 Å². The zero-order valence-electron chi connectivity index (χ0n) is 10.3. The number of hydrogen-bond donors (Lipinski definition) is 2. The molecule has 0 aromatic carbocycles. The predicted octanol–water partition coefficient (Wildman–Crippen LogP) is 2.35. The van der Waals surface area contributed by atoms with Crippen molar-refractivity contribution in [2.24, 2.45) is 5.84 Å². The quantitative estimate of drug-likeness (QED) is 0.516. The molecule has 0 spiro atoms. The Kier molecular flexibility index (Phi) is 4.36. The third-order valence-corrected chi connectivity index (χ3v) is 3.46. The normalized spacial score (nSPS) is 10.3. The third-order valence-electron chi connectivity index (χ3n) is 2.54. The van der Waals surface area contributed by atoms with Gasteiger partial charge >= 0.3 is 0 Å². The lowest BCUT2D eigenvalue weighted by molar-refractivity contribution is 0.0785. The SMILES string of the molecule is CN(Cc1ccsc1)C(=O)c1cc(Cl)nc(NN)c1. The van der Waals surface area contributed by atoms with Crippen LogP contribution in [0, 0.1) is 0 Å². The Labute approximate surface area is 120 Å². The van der Waals surface area contributed by atoms with Crippen LogP contribution in [0.2, 0.25) is 5.15 Å². The molecule has 2 rings (SSSR count). The number of halogens is 1. The van der Waals surface area contributed by atoms with E-state index in [1.54, 1.807) is 29.4 Å². The average Bonchev–Trinajstić information content (AvgIpc) is 2.89. The molecule has 2 aromatic heterocycles. The molecule has 0 saturated heterocycles. The summed E-state index contributed by atoms with van der Waals surface area (Å²) in [6, 6.07) is 5.08. The van der Waals surface area contributed by atoms with Gasteiger partial charge in [-0.3, -0.25) is 4.79 Å². The van der Waals surface area contributed by atoms with E-state index in [4.69, 9.17) is 17.4 Å². The predicted molar refractivity (Wildman–Crippen MR) is 77.2 cm³/mol. The maximum Gasteiger partial charge on any atom is 0.254 e. The Morgan fingerprint density at radius 2 is 2.37 bits per heavy atom. The number of anilines is 1. The summed E-state index contributed by atoms with van der Waals surface area (Å²) >= 11 is 7.45. The van der Waals surface area contributed by atoms with Gasteiger partial charge in [0.25, 0.3) is 5.91 Å². The van der Waals surface area contributed by atoms with Crippen LogP contribution in [0.4, 0.5) is 5.82 Å². The maximum absolute atomic E-state index is 12.3. The molecule has 5 nitrogen and oxygen atoms in total. The van der Waals surface area contributed by atoms with Crippen LogP contribution in [-0.4, -0.2) is 22.8 Å². The van der Waals surface area contributed by atoms with Gasteiger partial charge < -0.3 is 10.3 Å². The number of pyridine rings is 1. The van der Waals surface area contributed by atoms with Crippen LogP contribution in [0.1, 0.15) is 15.9 Å². The zero-order chi connectivity index (χ0) is 13.8. The van der Waals surface area contributed by atoms with E-state index in [1.165, 1.54) is 6.07 Å².